The van der Waals surface area contributed by atoms with E-state index in [-0.39, 0.29) is 17.3 Å². The number of nitrogens with zero attached hydrogens (tertiary/aromatic N) is 2. The minimum Gasteiger partial charge on any atom is -0.312 e. The molecule has 1 aliphatic rings. The molecule has 3 aromatic rings. The molecule has 126 valence electrons. The van der Waals surface area contributed by atoms with Crippen LogP contribution in [0.1, 0.15) is 11.1 Å². The molecule has 0 spiro atoms. The number of benzene rings is 2. The molecule has 2 N–H and O–H groups in total. The fourth-order valence-electron chi connectivity index (χ4n) is 2.83. The molecule has 9 heteroatoms. The number of hydrogen-bond donors (Lipinski definition) is 2. The molecule has 0 fully saturated rings. The van der Waals surface area contributed by atoms with Gasteiger partial charge in [0.25, 0.3) is 10.0 Å². The number of aromatic nitrogens is 2. The van der Waals surface area contributed by atoms with Gasteiger partial charge in [-0.1, -0.05) is 18.2 Å². The standard InChI is InChI=1S/C15H14N4O2S2.ClH/c20-23(21,14-6-2-5-13-15(14)18-22-17-13)19-12-4-1-3-10-9-16-8-7-11(10)12;/h1-6,16,19H,7-9H2;1H. The van der Waals surface area contributed by atoms with Gasteiger partial charge in [-0.15, -0.1) is 12.4 Å². The van der Waals surface area contributed by atoms with Crippen LogP contribution in [0.3, 0.4) is 0 Å². The molecule has 0 saturated carbocycles. The molecular weight excluding hydrogens is 368 g/mol. The summed E-state index contributed by atoms with van der Waals surface area (Å²) in [4.78, 5) is 0.162. The molecule has 0 aliphatic carbocycles. The summed E-state index contributed by atoms with van der Waals surface area (Å²) < 4.78 is 36.6. The van der Waals surface area contributed by atoms with Crippen molar-refractivity contribution in [2.24, 2.45) is 0 Å². The normalized spacial score (nSPS) is 14.0. The summed E-state index contributed by atoms with van der Waals surface area (Å²) in [6, 6.07) is 10.7. The fraction of sp³-hybridized carbons (Fsp3) is 0.200. The molecule has 2 heterocycles. The predicted molar refractivity (Wildman–Crippen MR) is 97.3 cm³/mol. The van der Waals surface area contributed by atoms with E-state index in [9.17, 15) is 8.42 Å². The summed E-state index contributed by atoms with van der Waals surface area (Å²) in [5.41, 5.74) is 3.83. The van der Waals surface area contributed by atoms with Crippen LogP contribution in [0.5, 0.6) is 0 Å². The fourth-order valence-corrected chi connectivity index (χ4v) is 4.69. The first-order chi connectivity index (χ1) is 11.1. The zero-order valence-electron chi connectivity index (χ0n) is 12.5. The summed E-state index contributed by atoms with van der Waals surface area (Å²) in [5.74, 6) is 0. The Morgan fingerprint density at radius 3 is 2.83 bits per heavy atom. The van der Waals surface area contributed by atoms with E-state index in [2.05, 4.69) is 18.8 Å². The van der Waals surface area contributed by atoms with E-state index in [4.69, 9.17) is 0 Å². The average Bonchev–Trinajstić information content (AvgIpc) is 3.03. The Labute approximate surface area is 150 Å². The summed E-state index contributed by atoms with van der Waals surface area (Å²) in [6.07, 6.45) is 0.802. The Balaban J connectivity index is 0.00000169. The van der Waals surface area contributed by atoms with Gasteiger partial charge in [-0.25, -0.2) is 8.42 Å². The highest BCUT2D eigenvalue weighted by atomic mass is 35.5. The summed E-state index contributed by atoms with van der Waals surface area (Å²) in [7, 11) is -3.71. The largest absolute Gasteiger partial charge is 0.312 e. The van der Waals surface area contributed by atoms with Crippen LogP contribution in [-0.4, -0.2) is 23.7 Å². The third kappa shape index (κ3) is 2.98. The van der Waals surface area contributed by atoms with Crippen molar-refractivity contribution in [3.05, 3.63) is 47.5 Å². The van der Waals surface area contributed by atoms with Gasteiger partial charge in [0.15, 0.2) is 0 Å². The molecule has 0 unspecified atom stereocenters. The van der Waals surface area contributed by atoms with Crippen molar-refractivity contribution in [1.82, 2.24) is 14.1 Å². The van der Waals surface area contributed by atoms with Gasteiger partial charge in [0.2, 0.25) is 0 Å². The lowest BCUT2D eigenvalue weighted by molar-refractivity contribution is 0.601. The maximum atomic E-state index is 12.8. The molecule has 1 aromatic heterocycles. The molecule has 0 bridgehead atoms. The number of sulfonamides is 1. The number of hydrogen-bond acceptors (Lipinski definition) is 6. The molecular formula is C15H15ClN4O2S2. The van der Waals surface area contributed by atoms with Gasteiger partial charge < -0.3 is 5.32 Å². The molecule has 4 rings (SSSR count). The Kier molecular flexibility index (Phi) is 4.73. The van der Waals surface area contributed by atoms with Crippen molar-refractivity contribution >= 4 is 50.9 Å². The third-order valence-corrected chi connectivity index (χ3v) is 5.86. The molecule has 2 aromatic carbocycles. The first-order valence-electron chi connectivity index (χ1n) is 7.21. The lowest BCUT2D eigenvalue weighted by Gasteiger charge is -2.21. The molecule has 6 nitrogen and oxygen atoms in total. The topological polar surface area (TPSA) is 84.0 Å². The Hall–Kier alpha value is -1.74. The van der Waals surface area contributed by atoms with E-state index in [1.165, 1.54) is 0 Å². The average molecular weight is 383 g/mol. The van der Waals surface area contributed by atoms with Crippen molar-refractivity contribution in [1.29, 1.82) is 0 Å². The minimum absolute atomic E-state index is 0. The van der Waals surface area contributed by atoms with Crippen LogP contribution >= 0.6 is 24.1 Å². The highest BCUT2D eigenvalue weighted by Gasteiger charge is 2.22. The molecule has 0 saturated heterocycles. The number of rotatable bonds is 3. The second-order valence-electron chi connectivity index (χ2n) is 5.36. The van der Waals surface area contributed by atoms with E-state index in [0.29, 0.717) is 16.7 Å². The van der Waals surface area contributed by atoms with Crippen molar-refractivity contribution in [3.8, 4) is 0 Å². The third-order valence-electron chi connectivity index (χ3n) is 3.92. The zero-order valence-corrected chi connectivity index (χ0v) is 15.0. The van der Waals surface area contributed by atoms with Gasteiger partial charge >= 0.3 is 0 Å². The zero-order chi connectivity index (χ0) is 15.9. The number of anilines is 1. The number of nitrogens with one attached hydrogen (secondary N) is 2. The van der Waals surface area contributed by atoms with Gasteiger partial charge in [0, 0.05) is 6.54 Å². The van der Waals surface area contributed by atoms with E-state index in [0.717, 1.165) is 42.4 Å². The highest BCUT2D eigenvalue weighted by Crippen LogP contribution is 2.27. The van der Waals surface area contributed by atoms with Crippen molar-refractivity contribution < 1.29 is 8.42 Å². The van der Waals surface area contributed by atoms with Gasteiger partial charge in [0.05, 0.1) is 17.4 Å². The predicted octanol–water partition coefficient (Wildman–Crippen LogP) is 2.56. The van der Waals surface area contributed by atoms with Crippen molar-refractivity contribution in [2.75, 3.05) is 11.3 Å². The van der Waals surface area contributed by atoms with Crippen LogP contribution in [0.2, 0.25) is 0 Å². The highest BCUT2D eigenvalue weighted by molar-refractivity contribution is 7.93. The van der Waals surface area contributed by atoms with Crippen LogP contribution in [0.4, 0.5) is 5.69 Å². The first-order valence-corrected chi connectivity index (χ1v) is 9.42. The van der Waals surface area contributed by atoms with Crippen LogP contribution in [0.15, 0.2) is 41.3 Å². The monoisotopic (exact) mass is 382 g/mol. The van der Waals surface area contributed by atoms with E-state index >= 15 is 0 Å². The van der Waals surface area contributed by atoms with E-state index in [1.807, 2.05) is 12.1 Å². The van der Waals surface area contributed by atoms with Crippen LogP contribution in [0, 0.1) is 0 Å². The van der Waals surface area contributed by atoms with Gasteiger partial charge in [-0.2, -0.15) is 8.75 Å². The summed E-state index contributed by atoms with van der Waals surface area (Å²) in [6.45, 7) is 1.60. The quantitative estimate of drug-likeness (QED) is 0.727. The van der Waals surface area contributed by atoms with Crippen LogP contribution < -0.4 is 10.0 Å². The van der Waals surface area contributed by atoms with Gasteiger partial charge in [-0.05, 0) is 42.3 Å². The Morgan fingerprint density at radius 2 is 1.96 bits per heavy atom. The molecule has 0 atom stereocenters. The number of fused-ring (bicyclic) bond motifs is 2. The van der Waals surface area contributed by atoms with Crippen molar-refractivity contribution in [3.63, 3.8) is 0 Å². The second kappa shape index (κ2) is 6.64. The van der Waals surface area contributed by atoms with E-state index in [1.54, 1.807) is 24.3 Å². The minimum atomic E-state index is -3.71. The number of halogens is 1. The molecule has 0 radical (unpaired) electrons. The smallest absolute Gasteiger partial charge is 0.264 e. The lowest BCUT2D eigenvalue weighted by Crippen LogP contribution is -2.25. The van der Waals surface area contributed by atoms with E-state index < -0.39 is 10.0 Å². The summed E-state index contributed by atoms with van der Waals surface area (Å²) >= 11 is 1.01. The van der Waals surface area contributed by atoms with Crippen LogP contribution in [-0.2, 0) is 23.0 Å². The lowest BCUT2D eigenvalue weighted by atomic mass is 9.99. The van der Waals surface area contributed by atoms with Gasteiger partial charge in [-0.3, -0.25) is 4.72 Å². The molecule has 1 aliphatic heterocycles. The van der Waals surface area contributed by atoms with Gasteiger partial charge in [0.1, 0.15) is 15.9 Å². The Morgan fingerprint density at radius 1 is 1.12 bits per heavy atom. The maximum Gasteiger partial charge on any atom is 0.264 e. The SMILES string of the molecule is Cl.O=S(=O)(Nc1cccc2c1CCNC2)c1cccc2nsnc12. The molecule has 0 amide bonds. The second-order valence-corrected chi connectivity index (χ2v) is 7.54. The Bertz CT molecular complexity index is 988. The summed E-state index contributed by atoms with van der Waals surface area (Å²) in [5, 5.41) is 3.29. The first kappa shape index (κ1) is 17.1. The molecule has 24 heavy (non-hydrogen) atoms. The maximum absolute atomic E-state index is 12.8. The van der Waals surface area contributed by atoms with Crippen molar-refractivity contribution in [2.45, 2.75) is 17.9 Å². The van der Waals surface area contributed by atoms with Crippen LogP contribution in [0.25, 0.3) is 11.0 Å².